The van der Waals surface area contributed by atoms with E-state index in [4.69, 9.17) is 0 Å². The molecule has 0 bridgehead atoms. The van der Waals surface area contributed by atoms with E-state index in [2.05, 4.69) is 21.2 Å². The standard InChI is InChI=1S/C10H15BrN2O2S2.ClH/c1-7-6-13(4-3-12-7)17(14,15)9-5-10(11)16-8(9)2;/h5,7,12H,3-4,6H2,1-2H3;1H. The lowest BCUT2D eigenvalue weighted by Crippen LogP contribution is -2.51. The van der Waals surface area contributed by atoms with Crippen LogP contribution in [0.1, 0.15) is 11.8 Å². The molecule has 1 aliphatic heterocycles. The van der Waals surface area contributed by atoms with E-state index in [0.29, 0.717) is 24.5 Å². The number of hydrogen-bond acceptors (Lipinski definition) is 4. The fourth-order valence-corrected chi connectivity index (χ4v) is 5.85. The Kier molecular flexibility index (Phi) is 5.64. The highest BCUT2D eigenvalue weighted by Crippen LogP contribution is 2.31. The topological polar surface area (TPSA) is 49.4 Å². The van der Waals surface area contributed by atoms with Crippen molar-refractivity contribution in [3.8, 4) is 0 Å². The average molecular weight is 376 g/mol. The quantitative estimate of drug-likeness (QED) is 0.862. The maximum absolute atomic E-state index is 12.5. The Morgan fingerprint density at radius 1 is 1.56 bits per heavy atom. The molecule has 2 rings (SSSR count). The lowest BCUT2D eigenvalue weighted by Gasteiger charge is -2.30. The molecular formula is C10H16BrClN2O2S2. The second kappa shape index (κ2) is 6.19. The Morgan fingerprint density at radius 2 is 2.22 bits per heavy atom. The molecule has 0 spiro atoms. The van der Waals surface area contributed by atoms with Crippen LogP contribution in [0, 0.1) is 6.92 Å². The van der Waals surface area contributed by atoms with Gasteiger partial charge < -0.3 is 5.32 Å². The third-order valence-electron chi connectivity index (χ3n) is 2.79. The van der Waals surface area contributed by atoms with Crippen molar-refractivity contribution < 1.29 is 8.42 Å². The SMILES string of the molecule is Cc1sc(Br)cc1S(=O)(=O)N1CCNC(C)C1.Cl. The number of aryl methyl sites for hydroxylation is 1. The number of rotatable bonds is 2. The number of nitrogens with zero attached hydrogens (tertiary/aromatic N) is 1. The first-order valence-corrected chi connectivity index (χ1v) is 8.45. The monoisotopic (exact) mass is 374 g/mol. The average Bonchev–Trinajstić information content (AvgIpc) is 2.58. The molecule has 0 aromatic carbocycles. The van der Waals surface area contributed by atoms with Crippen LogP contribution >= 0.6 is 39.7 Å². The Hall–Kier alpha value is 0.340. The van der Waals surface area contributed by atoms with Gasteiger partial charge in [-0.15, -0.1) is 23.7 Å². The van der Waals surface area contributed by atoms with E-state index >= 15 is 0 Å². The fourth-order valence-electron chi connectivity index (χ4n) is 1.94. The zero-order valence-corrected chi connectivity index (χ0v) is 14.2. The third kappa shape index (κ3) is 3.26. The van der Waals surface area contributed by atoms with Gasteiger partial charge in [-0.05, 0) is 35.8 Å². The summed E-state index contributed by atoms with van der Waals surface area (Å²) in [4.78, 5) is 1.27. The van der Waals surface area contributed by atoms with Gasteiger partial charge in [0.1, 0.15) is 0 Å². The van der Waals surface area contributed by atoms with Gasteiger partial charge in [0.25, 0.3) is 0 Å². The van der Waals surface area contributed by atoms with Crippen LogP contribution in [0.5, 0.6) is 0 Å². The highest BCUT2D eigenvalue weighted by Gasteiger charge is 2.30. The molecule has 0 saturated carbocycles. The van der Waals surface area contributed by atoms with Crippen molar-refractivity contribution in [3.63, 3.8) is 0 Å². The predicted molar refractivity (Wildman–Crippen MR) is 80.2 cm³/mol. The molecule has 2 heterocycles. The smallest absolute Gasteiger partial charge is 0.244 e. The number of thiophene rings is 1. The van der Waals surface area contributed by atoms with Crippen LogP contribution in [0.25, 0.3) is 0 Å². The Balaban J connectivity index is 0.00000162. The van der Waals surface area contributed by atoms with E-state index in [0.717, 1.165) is 8.66 Å². The van der Waals surface area contributed by atoms with Gasteiger partial charge in [-0.3, -0.25) is 0 Å². The van der Waals surface area contributed by atoms with E-state index < -0.39 is 10.0 Å². The molecular weight excluding hydrogens is 360 g/mol. The van der Waals surface area contributed by atoms with Gasteiger partial charge in [0.2, 0.25) is 10.0 Å². The fraction of sp³-hybridized carbons (Fsp3) is 0.600. The highest BCUT2D eigenvalue weighted by molar-refractivity contribution is 9.11. The lowest BCUT2D eigenvalue weighted by atomic mass is 10.3. The molecule has 1 aromatic heterocycles. The third-order valence-corrected chi connectivity index (χ3v) is 6.47. The van der Waals surface area contributed by atoms with Crippen molar-refractivity contribution >= 4 is 49.7 Å². The van der Waals surface area contributed by atoms with E-state index in [-0.39, 0.29) is 18.4 Å². The number of sulfonamides is 1. The van der Waals surface area contributed by atoms with Gasteiger partial charge in [-0.25, -0.2) is 8.42 Å². The van der Waals surface area contributed by atoms with Crippen LogP contribution in [0.4, 0.5) is 0 Å². The van der Waals surface area contributed by atoms with Crippen molar-refractivity contribution in [2.24, 2.45) is 0 Å². The van der Waals surface area contributed by atoms with Gasteiger partial charge in [0, 0.05) is 30.6 Å². The van der Waals surface area contributed by atoms with Crippen molar-refractivity contribution in [2.75, 3.05) is 19.6 Å². The molecule has 0 amide bonds. The number of halogens is 2. The van der Waals surface area contributed by atoms with Gasteiger partial charge in [0.05, 0.1) is 8.68 Å². The molecule has 1 fully saturated rings. The molecule has 1 aliphatic rings. The first-order valence-electron chi connectivity index (χ1n) is 5.40. The van der Waals surface area contributed by atoms with E-state index in [1.54, 1.807) is 10.4 Å². The van der Waals surface area contributed by atoms with Crippen molar-refractivity contribution in [1.82, 2.24) is 9.62 Å². The van der Waals surface area contributed by atoms with Gasteiger partial charge >= 0.3 is 0 Å². The largest absolute Gasteiger partial charge is 0.312 e. The Bertz CT molecular complexity index is 518. The first-order chi connectivity index (χ1) is 7.91. The van der Waals surface area contributed by atoms with E-state index in [1.807, 2.05) is 13.8 Å². The summed E-state index contributed by atoms with van der Waals surface area (Å²) < 4.78 is 27.3. The molecule has 1 N–H and O–H groups in total. The minimum absolute atomic E-state index is 0. The maximum atomic E-state index is 12.5. The molecule has 1 saturated heterocycles. The first kappa shape index (κ1) is 16.4. The molecule has 4 nitrogen and oxygen atoms in total. The van der Waals surface area contributed by atoms with Crippen molar-refractivity contribution in [2.45, 2.75) is 24.8 Å². The van der Waals surface area contributed by atoms with Crippen molar-refractivity contribution in [1.29, 1.82) is 0 Å². The molecule has 8 heteroatoms. The number of piperazine rings is 1. The van der Waals surface area contributed by atoms with Gasteiger partial charge in [0.15, 0.2) is 0 Å². The van der Waals surface area contributed by atoms with Gasteiger partial charge in [-0.1, -0.05) is 0 Å². The molecule has 1 aromatic rings. The summed E-state index contributed by atoms with van der Waals surface area (Å²) in [6.45, 7) is 5.63. The molecule has 0 aliphatic carbocycles. The summed E-state index contributed by atoms with van der Waals surface area (Å²) in [5.41, 5.74) is 0. The summed E-state index contributed by atoms with van der Waals surface area (Å²) in [5, 5.41) is 3.24. The summed E-state index contributed by atoms with van der Waals surface area (Å²) in [6, 6.07) is 1.91. The molecule has 104 valence electrons. The minimum atomic E-state index is -3.33. The maximum Gasteiger partial charge on any atom is 0.244 e. The minimum Gasteiger partial charge on any atom is -0.312 e. The Labute approximate surface area is 126 Å². The van der Waals surface area contributed by atoms with Crippen molar-refractivity contribution in [3.05, 3.63) is 14.7 Å². The molecule has 0 radical (unpaired) electrons. The predicted octanol–water partition coefficient (Wildman–Crippen LogP) is 2.22. The van der Waals surface area contributed by atoms with Crippen LogP contribution in [0.3, 0.4) is 0 Å². The molecule has 1 unspecified atom stereocenters. The summed E-state index contributed by atoms with van der Waals surface area (Å²) in [7, 11) is -3.33. The van der Waals surface area contributed by atoms with E-state index in [1.165, 1.54) is 11.3 Å². The van der Waals surface area contributed by atoms with Gasteiger partial charge in [-0.2, -0.15) is 4.31 Å². The molecule has 1 atom stereocenters. The van der Waals surface area contributed by atoms with Crippen LogP contribution < -0.4 is 5.32 Å². The second-order valence-electron chi connectivity index (χ2n) is 4.19. The molecule has 18 heavy (non-hydrogen) atoms. The number of nitrogens with one attached hydrogen (secondary N) is 1. The summed E-state index contributed by atoms with van der Waals surface area (Å²) in [6.07, 6.45) is 0. The normalized spacial score (nSPS) is 21.6. The van der Waals surface area contributed by atoms with Crippen LogP contribution in [-0.4, -0.2) is 38.4 Å². The number of hydrogen-bond donors (Lipinski definition) is 1. The zero-order valence-electron chi connectivity index (χ0n) is 10.1. The summed E-state index contributed by atoms with van der Waals surface area (Å²) in [5.74, 6) is 0. The summed E-state index contributed by atoms with van der Waals surface area (Å²) >= 11 is 4.79. The van der Waals surface area contributed by atoms with Crippen LogP contribution in [-0.2, 0) is 10.0 Å². The van der Waals surface area contributed by atoms with Crippen LogP contribution in [0.2, 0.25) is 0 Å². The van der Waals surface area contributed by atoms with Crippen LogP contribution in [0.15, 0.2) is 14.7 Å². The second-order valence-corrected chi connectivity index (χ2v) is 8.73. The lowest BCUT2D eigenvalue weighted by molar-refractivity contribution is 0.310. The zero-order chi connectivity index (χ0) is 12.6. The Morgan fingerprint density at radius 3 is 2.72 bits per heavy atom. The highest BCUT2D eigenvalue weighted by atomic mass is 79.9. The van der Waals surface area contributed by atoms with E-state index in [9.17, 15) is 8.42 Å².